The number of hydrogen-bond acceptors (Lipinski definition) is 4. The lowest BCUT2D eigenvalue weighted by molar-refractivity contribution is -0.384. The van der Waals surface area contributed by atoms with Crippen LogP contribution >= 0.6 is 0 Å². The number of nitrogens with zero attached hydrogens (tertiary/aromatic N) is 3. The van der Waals surface area contributed by atoms with Crippen molar-refractivity contribution in [2.24, 2.45) is 5.92 Å². The van der Waals surface area contributed by atoms with Crippen molar-refractivity contribution in [2.45, 2.75) is 39.3 Å². The maximum Gasteiger partial charge on any atom is 0.270 e. The highest BCUT2D eigenvalue weighted by molar-refractivity contribution is 6.07. The Kier molecular flexibility index (Phi) is 6.45. The first kappa shape index (κ1) is 23.2. The number of non-ortho nitro benzene ring substituents is 1. The van der Waals surface area contributed by atoms with Gasteiger partial charge >= 0.3 is 0 Å². The average molecular weight is 458 g/mol. The number of anilines is 2. The van der Waals surface area contributed by atoms with Crippen LogP contribution in [0.25, 0.3) is 0 Å². The Bertz CT molecular complexity index is 1230. The fraction of sp³-hybridized carbons (Fsp3) is 0.259. The SMILES string of the molecule is CC(C)C(=O)N1c2ccccc2[C@H](N(C(=O)c2cccc([N+](=O)[O-])c2)c2ccccc2)C[C@@H]1C. The van der Waals surface area contributed by atoms with Crippen molar-refractivity contribution in [3.63, 3.8) is 0 Å². The third-order valence-corrected chi connectivity index (χ3v) is 6.16. The average Bonchev–Trinajstić information content (AvgIpc) is 2.84. The maximum atomic E-state index is 13.9. The van der Waals surface area contributed by atoms with Crippen LogP contribution in [-0.2, 0) is 4.79 Å². The van der Waals surface area contributed by atoms with Crippen LogP contribution in [-0.4, -0.2) is 22.8 Å². The van der Waals surface area contributed by atoms with Gasteiger partial charge in [0.1, 0.15) is 0 Å². The van der Waals surface area contributed by atoms with Gasteiger partial charge in [-0.25, -0.2) is 0 Å². The van der Waals surface area contributed by atoms with E-state index in [9.17, 15) is 19.7 Å². The van der Waals surface area contributed by atoms with Crippen LogP contribution in [0.1, 0.15) is 49.2 Å². The Labute approximate surface area is 198 Å². The molecule has 34 heavy (non-hydrogen) atoms. The Morgan fingerprint density at radius 1 is 1.00 bits per heavy atom. The zero-order valence-electron chi connectivity index (χ0n) is 19.4. The number of nitro benzene ring substituents is 1. The highest BCUT2D eigenvalue weighted by Crippen LogP contribution is 2.43. The molecule has 2 amide bonds. The summed E-state index contributed by atoms with van der Waals surface area (Å²) in [5.41, 5.74) is 2.46. The summed E-state index contributed by atoms with van der Waals surface area (Å²) in [7, 11) is 0. The van der Waals surface area contributed by atoms with Crippen molar-refractivity contribution in [1.82, 2.24) is 0 Å². The van der Waals surface area contributed by atoms with Gasteiger partial charge in [-0.05, 0) is 43.2 Å². The first-order valence-electron chi connectivity index (χ1n) is 11.3. The summed E-state index contributed by atoms with van der Waals surface area (Å²) in [5, 5.41) is 11.3. The molecule has 7 heteroatoms. The predicted molar refractivity (Wildman–Crippen MR) is 132 cm³/mol. The minimum absolute atomic E-state index is 0.0367. The zero-order valence-corrected chi connectivity index (χ0v) is 19.4. The van der Waals surface area contributed by atoms with Crippen LogP contribution in [0.3, 0.4) is 0 Å². The van der Waals surface area contributed by atoms with Crippen LogP contribution in [0.15, 0.2) is 78.9 Å². The Hall–Kier alpha value is -4.00. The molecule has 0 spiro atoms. The van der Waals surface area contributed by atoms with Crippen LogP contribution in [0.2, 0.25) is 0 Å². The third-order valence-electron chi connectivity index (χ3n) is 6.16. The molecule has 1 aliphatic rings. The van der Waals surface area contributed by atoms with E-state index in [1.54, 1.807) is 11.0 Å². The van der Waals surface area contributed by atoms with Crippen LogP contribution < -0.4 is 9.80 Å². The lowest BCUT2D eigenvalue weighted by atomic mass is 9.88. The van der Waals surface area contributed by atoms with Crippen molar-refractivity contribution >= 4 is 28.9 Å². The number of carbonyl (C=O) groups excluding carboxylic acids is 2. The summed E-state index contributed by atoms with van der Waals surface area (Å²) >= 11 is 0. The molecular formula is C27H27N3O4. The molecule has 0 fully saturated rings. The second kappa shape index (κ2) is 9.47. The van der Waals surface area contributed by atoms with Gasteiger partial charge < -0.3 is 9.80 Å². The topological polar surface area (TPSA) is 83.8 Å². The molecule has 2 atom stereocenters. The van der Waals surface area contributed by atoms with E-state index in [1.807, 2.05) is 80.3 Å². The van der Waals surface area contributed by atoms with Crippen molar-refractivity contribution in [3.8, 4) is 0 Å². The molecule has 1 heterocycles. The molecule has 0 unspecified atom stereocenters. The van der Waals surface area contributed by atoms with Crippen molar-refractivity contribution in [3.05, 3.63) is 100 Å². The quantitative estimate of drug-likeness (QED) is 0.360. The highest BCUT2D eigenvalue weighted by Gasteiger charge is 2.39. The number of para-hydroxylation sites is 2. The Morgan fingerprint density at radius 2 is 1.68 bits per heavy atom. The van der Waals surface area contributed by atoms with Crippen molar-refractivity contribution in [2.75, 3.05) is 9.80 Å². The first-order valence-corrected chi connectivity index (χ1v) is 11.3. The lowest BCUT2D eigenvalue weighted by Gasteiger charge is -2.44. The molecule has 0 radical (unpaired) electrons. The minimum atomic E-state index is -0.503. The van der Waals surface area contributed by atoms with Gasteiger partial charge in [-0.2, -0.15) is 0 Å². The summed E-state index contributed by atoms with van der Waals surface area (Å²) < 4.78 is 0. The van der Waals surface area contributed by atoms with Crippen LogP contribution in [0.5, 0.6) is 0 Å². The number of hydrogen-bond donors (Lipinski definition) is 0. The van der Waals surface area contributed by atoms with E-state index in [0.717, 1.165) is 11.3 Å². The van der Waals surface area contributed by atoms with Crippen molar-refractivity contribution in [1.29, 1.82) is 0 Å². The molecule has 3 aromatic rings. The number of nitro groups is 1. The summed E-state index contributed by atoms with van der Waals surface area (Å²) in [6, 6.07) is 22.3. The Balaban J connectivity index is 1.85. The maximum absolute atomic E-state index is 13.9. The third kappa shape index (κ3) is 4.29. The molecule has 0 aromatic heterocycles. The van der Waals surface area contributed by atoms with Gasteiger partial charge in [-0.1, -0.05) is 56.3 Å². The van der Waals surface area contributed by atoms with Crippen LogP contribution in [0.4, 0.5) is 17.1 Å². The second-order valence-electron chi connectivity index (χ2n) is 8.84. The zero-order chi connectivity index (χ0) is 24.4. The van der Waals surface area contributed by atoms with E-state index in [1.165, 1.54) is 18.2 Å². The smallest absolute Gasteiger partial charge is 0.270 e. The Morgan fingerprint density at radius 3 is 2.35 bits per heavy atom. The van der Waals surface area contributed by atoms with E-state index >= 15 is 0 Å². The molecule has 4 rings (SSSR count). The van der Waals surface area contributed by atoms with Crippen molar-refractivity contribution < 1.29 is 14.5 Å². The van der Waals surface area contributed by atoms with E-state index in [4.69, 9.17) is 0 Å². The van der Waals surface area contributed by atoms with Gasteiger partial charge in [0.15, 0.2) is 0 Å². The largest absolute Gasteiger partial charge is 0.309 e. The van der Waals surface area contributed by atoms with E-state index < -0.39 is 4.92 Å². The molecule has 3 aromatic carbocycles. The monoisotopic (exact) mass is 457 g/mol. The highest BCUT2D eigenvalue weighted by atomic mass is 16.6. The molecule has 0 bridgehead atoms. The lowest BCUT2D eigenvalue weighted by Crippen LogP contribution is -2.49. The van der Waals surface area contributed by atoms with E-state index in [-0.39, 0.29) is 41.1 Å². The number of carbonyl (C=O) groups is 2. The molecule has 174 valence electrons. The minimum Gasteiger partial charge on any atom is -0.309 e. The summed E-state index contributed by atoms with van der Waals surface area (Å²) in [5.74, 6) is -0.455. The predicted octanol–water partition coefficient (Wildman–Crippen LogP) is 5.76. The normalized spacial score (nSPS) is 17.2. The molecule has 0 saturated heterocycles. The molecule has 0 N–H and O–H groups in total. The number of fused-ring (bicyclic) bond motifs is 1. The summed E-state index contributed by atoms with van der Waals surface area (Å²) in [6.07, 6.45) is 0.533. The van der Waals surface area contributed by atoms with Gasteiger partial charge in [0.05, 0.1) is 11.0 Å². The van der Waals surface area contributed by atoms with E-state index in [0.29, 0.717) is 12.1 Å². The molecule has 0 saturated carbocycles. The molecule has 0 aliphatic carbocycles. The first-order chi connectivity index (χ1) is 16.3. The van der Waals surface area contributed by atoms with Crippen LogP contribution in [0, 0.1) is 16.0 Å². The second-order valence-corrected chi connectivity index (χ2v) is 8.84. The number of benzene rings is 3. The number of amides is 2. The van der Waals surface area contributed by atoms with E-state index in [2.05, 4.69) is 0 Å². The van der Waals surface area contributed by atoms with Gasteiger partial charge in [-0.15, -0.1) is 0 Å². The molecule has 7 nitrogen and oxygen atoms in total. The van der Waals surface area contributed by atoms with Gasteiger partial charge in [0.25, 0.3) is 11.6 Å². The molecule has 1 aliphatic heterocycles. The van der Waals surface area contributed by atoms with Gasteiger partial charge in [0, 0.05) is 41.0 Å². The van der Waals surface area contributed by atoms with Gasteiger partial charge in [-0.3, -0.25) is 19.7 Å². The summed E-state index contributed by atoms with van der Waals surface area (Å²) in [6.45, 7) is 5.75. The number of rotatable bonds is 5. The summed E-state index contributed by atoms with van der Waals surface area (Å²) in [4.78, 5) is 41.3. The molecular weight excluding hydrogens is 430 g/mol. The van der Waals surface area contributed by atoms with Gasteiger partial charge in [0.2, 0.25) is 5.91 Å². The fourth-order valence-electron chi connectivity index (χ4n) is 4.56. The standard InChI is InChI=1S/C27H27N3O4/c1-18(2)26(31)28-19(3)16-25(23-14-7-8-15-24(23)28)29(21-11-5-4-6-12-21)27(32)20-10-9-13-22(17-20)30(33)34/h4-15,17-19,25H,16H2,1-3H3/t19-,25+/m0/s1. The fourth-order valence-corrected chi connectivity index (χ4v) is 4.56.